The topological polar surface area (TPSA) is 116 Å². The van der Waals surface area contributed by atoms with Crippen LogP contribution in [0.15, 0.2) is 41.9 Å². The van der Waals surface area contributed by atoms with Crippen molar-refractivity contribution >= 4 is 34.7 Å². The van der Waals surface area contributed by atoms with Gasteiger partial charge in [-0.25, -0.2) is 9.83 Å². The molecule has 0 bridgehead atoms. The van der Waals surface area contributed by atoms with Crippen LogP contribution in [0.25, 0.3) is 15.3 Å². The Kier molecular flexibility index (Phi) is 9.04. The summed E-state index contributed by atoms with van der Waals surface area (Å²) in [5, 5.41) is 13.5. The number of aliphatic hydroxyl groups is 1. The average Bonchev–Trinajstić information content (AvgIpc) is 3.68. The first kappa shape index (κ1) is 31.2. The number of aromatic nitrogens is 1. The second kappa shape index (κ2) is 12.8. The third-order valence-corrected chi connectivity index (χ3v) is 9.02. The van der Waals surface area contributed by atoms with Crippen molar-refractivity contribution in [2.24, 2.45) is 5.92 Å². The molecule has 3 heterocycles. The van der Waals surface area contributed by atoms with Crippen molar-refractivity contribution in [2.75, 3.05) is 6.54 Å². The molecule has 0 radical (unpaired) electrons. The summed E-state index contributed by atoms with van der Waals surface area (Å²) in [7, 11) is 0. The molecule has 2 aliphatic rings. The number of likely N-dealkylation sites (tertiary alicyclic amines) is 1. The van der Waals surface area contributed by atoms with Crippen molar-refractivity contribution in [3.63, 3.8) is 0 Å². The van der Waals surface area contributed by atoms with Crippen molar-refractivity contribution in [1.82, 2.24) is 20.1 Å². The first-order chi connectivity index (χ1) is 21.0. The van der Waals surface area contributed by atoms with Crippen LogP contribution in [0.4, 0.5) is 5.69 Å². The molecule has 3 amide bonds. The molecule has 44 heavy (non-hydrogen) atoms. The molecule has 0 aliphatic carbocycles. The third kappa shape index (κ3) is 6.05. The van der Waals surface area contributed by atoms with Gasteiger partial charge in [0.15, 0.2) is 5.69 Å². The van der Waals surface area contributed by atoms with Crippen LogP contribution >= 0.6 is 11.3 Å². The van der Waals surface area contributed by atoms with Crippen LogP contribution in [0.1, 0.15) is 61.3 Å². The largest absolute Gasteiger partial charge is 0.491 e. The van der Waals surface area contributed by atoms with Crippen LogP contribution in [-0.4, -0.2) is 68.4 Å². The molecule has 2 aromatic carbocycles. The SMILES string of the molecule is [C-]#[N+]c1cccc2c1C(=O)N([C@H](C(=O)N1C[C@H](O)C[C@H]1C(=O)NCc1ccc(-c3scnc3C)cc1OC(C)C)C(C)C)C2. The Labute approximate surface area is 261 Å². The molecule has 3 aromatic rings. The van der Waals surface area contributed by atoms with Crippen molar-refractivity contribution in [3.8, 4) is 16.2 Å². The van der Waals surface area contributed by atoms with Gasteiger partial charge in [-0.3, -0.25) is 14.4 Å². The number of amides is 3. The number of ether oxygens (including phenoxy) is 1. The zero-order valence-corrected chi connectivity index (χ0v) is 26.4. The molecule has 1 saturated heterocycles. The van der Waals surface area contributed by atoms with E-state index in [2.05, 4.69) is 15.1 Å². The van der Waals surface area contributed by atoms with Gasteiger partial charge in [-0.15, -0.1) is 11.3 Å². The van der Waals surface area contributed by atoms with Gasteiger partial charge in [-0.1, -0.05) is 44.2 Å². The number of aliphatic hydroxyl groups excluding tert-OH is 1. The van der Waals surface area contributed by atoms with Crippen LogP contribution in [-0.2, 0) is 22.7 Å². The maximum atomic E-state index is 14.1. The van der Waals surface area contributed by atoms with E-state index in [4.69, 9.17) is 11.3 Å². The van der Waals surface area contributed by atoms with Gasteiger partial charge in [-0.05, 0) is 43.9 Å². The molecule has 3 atom stereocenters. The number of carbonyl (C=O) groups is 3. The number of rotatable bonds is 9. The van der Waals surface area contributed by atoms with E-state index in [1.54, 1.807) is 35.0 Å². The molecule has 230 valence electrons. The monoisotopic (exact) mass is 615 g/mol. The predicted molar refractivity (Wildman–Crippen MR) is 167 cm³/mol. The Morgan fingerprint density at radius 1 is 1.23 bits per heavy atom. The average molecular weight is 616 g/mol. The van der Waals surface area contributed by atoms with E-state index in [0.717, 1.165) is 21.7 Å². The highest BCUT2D eigenvalue weighted by Gasteiger charge is 2.46. The van der Waals surface area contributed by atoms with Gasteiger partial charge in [-0.2, -0.15) is 0 Å². The van der Waals surface area contributed by atoms with Crippen molar-refractivity contribution in [3.05, 3.63) is 75.7 Å². The molecular formula is C33H37N5O5S. The lowest BCUT2D eigenvalue weighted by molar-refractivity contribution is -0.143. The second-order valence-electron chi connectivity index (χ2n) is 11.9. The molecule has 2 aliphatic heterocycles. The number of thiazole rings is 1. The molecule has 0 saturated carbocycles. The molecular weight excluding hydrogens is 578 g/mol. The Morgan fingerprint density at radius 3 is 2.66 bits per heavy atom. The van der Waals surface area contributed by atoms with Gasteiger partial charge in [0.25, 0.3) is 0 Å². The molecule has 5 rings (SSSR count). The van der Waals surface area contributed by atoms with Crippen molar-refractivity contribution in [1.29, 1.82) is 0 Å². The Hall–Kier alpha value is -4.27. The summed E-state index contributed by atoms with van der Waals surface area (Å²) in [4.78, 5) is 52.9. The summed E-state index contributed by atoms with van der Waals surface area (Å²) in [5.41, 5.74) is 5.79. The number of β-amino-alcohol motifs (C(OH)–C–C–N with tert-alkyl or cyclic N) is 1. The molecule has 10 nitrogen and oxygen atoms in total. The fourth-order valence-corrected chi connectivity index (χ4v) is 6.82. The van der Waals surface area contributed by atoms with Crippen LogP contribution in [0.3, 0.4) is 0 Å². The number of hydrogen-bond acceptors (Lipinski definition) is 7. The minimum Gasteiger partial charge on any atom is -0.491 e. The minimum atomic E-state index is -0.897. The zero-order chi connectivity index (χ0) is 31.7. The quantitative estimate of drug-likeness (QED) is 0.337. The summed E-state index contributed by atoms with van der Waals surface area (Å²) in [6, 6.07) is 9.22. The summed E-state index contributed by atoms with van der Waals surface area (Å²) < 4.78 is 6.10. The number of fused-ring (bicyclic) bond motifs is 1. The van der Waals surface area contributed by atoms with Gasteiger partial charge < -0.3 is 25.0 Å². The molecule has 1 aromatic heterocycles. The number of nitrogens with one attached hydrogen (secondary N) is 1. The fourth-order valence-electron chi connectivity index (χ4n) is 6.02. The molecule has 0 unspecified atom stereocenters. The Bertz CT molecular complexity index is 1630. The number of aryl methyl sites for hydroxylation is 1. The standard InChI is InChI=1S/C33H37N5O5S/c1-18(2)29(38-15-23-8-7-9-25(34-6)28(23)32(38)41)33(42)37-16-24(39)13-26(37)31(40)35-14-22-11-10-21(12-27(22)43-19(3)4)30-20(5)36-17-44-30/h7-12,17-19,24,26,29,39H,13-16H2,1-5H3,(H,35,40)/t24-,26+,29+/m1/s1. The van der Waals surface area contributed by atoms with E-state index in [-0.39, 0.29) is 55.6 Å². The summed E-state index contributed by atoms with van der Waals surface area (Å²) >= 11 is 1.55. The number of carbonyl (C=O) groups excluding carboxylic acids is 3. The van der Waals surface area contributed by atoms with Crippen LogP contribution in [0.5, 0.6) is 5.75 Å². The van der Waals surface area contributed by atoms with E-state index in [1.165, 1.54) is 9.80 Å². The van der Waals surface area contributed by atoms with Crippen LogP contribution in [0, 0.1) is 19.4 Å². The van der Waals surface area contributed by atoms with Crippen LogP contribution in [0.2, 0.25) is 0 Å². The smallest absolute Gasteiger partial charge is 0.246 e. The lowest BCUT2D eigenvalue weighted by atomic mass is 10.00. The van der Waals surface area contributed by atoms with Gasteiger partial charge in [0.1, 0.15) is 17.8 Å². The summed E-state index contributed by atoms with van der Waals surface area (Å²) in [6.45, 7) is 17.4. The van der Waals surface area contributed by atoms with E-state index in [1.807, 2.05) is 52.8 Å². The lowest BCUT2D eigenvalue weighted by Crippen LogP contribution is -2.55. The molecule has 11 heteroatoms. The lowest BCUT2D eigenvalue weighted by Gasteiger charge is -2.35. The molecule has 1 fully saturated rings. The maximum absolute atomic E-state index is 14.1. The highest BCUT2D eigenvalue weighted by atomic mass is 32.1. The third-order valence-electron chi connectivity index (χ3n) is 8.04. The maximum Gasteiger partial charge on any atom is 0.246 e. The van der Waals surface area contributed by atoms with E-state index < -0.39 is 24.1 Å². The van der Waals surface area contributed by atoms with Crippen LogP contribution < -0.4 is 10.1 Å². The van der Waals surface area contributed by atoms with Gasteiger partial charge in [0.2, 0.25) is 17.7 Å². The van der Waals surface area contributed by atoms with Crippen molar-refractivity contribution < 1.29 is 24.2 Å². The Balaban J connectivity index is 1.34. The minimum absolute atomic E-state index is 0.00691. The highest BCUT2D eigenvalue weighted by Crippen LogP contribution is 2.35. The van der Waals surface area contributed by atoms with Gasteiger partial charge >= 0.3 is 0 Å². The molecule has 2 N–H and O–H groups in total. The number of nitrogens with zero attached hydrogens (tertiary/aromatic N) is 4. The predicted octanol–water partition coefficient (Wildman–Crippen LogP) is 4.72. The van der Waals surface area contributed by atoms with Gasteiger partial charge in [0.05, 0.1) is 40.4 Å². The van der Waals surface area contributed by atoms with Crippen molar-refractivity contribution in [2.45, 2.75) is 78.4 Å². The number of benzene rings is 2. The van der Waals surface area contributed by atoms with E-state index in [9.17, 15) is 19.5 Å². The zero-order valence-electron chi connectivity index (χ0n) is 25.5. The number of hydrogen-bond donors (Lipinski definition) is 2. The van der Waals surface area contributed by atoms with Gasteiger partial charge in [0, 0.05) is 31.6 Å². The van der Waals surface area contributed by atoms with E-state index >= 15 is 0 Å². The second-order valence-corrected chi connectivity index (χ2v) is 12.8. The molecule has 0 spiro atoms. The first-order valence-corrected chi connectivity index (χ1v) is 15.6. The fraction of sp³-hybridized carbons (Fsp3) is 0.424. The normalized spacial score (nSPS) is 18.5. The summed E-state index contributed by atoms with van der Waals surface area (Å²) in [6.07, 6.45) is -0.861. The highest BCUT2D eigenvalue weighted by molar-refractivity contribution is 7.13. The summed E-state index contributed by atoms with van der Waals surface area (Å²) in [5.74, 6) is -0.767. The Morgan fingerprint density at radius 2 is 2.00 bits per heavy atom. The first-order valence-electron chi connectivity index (χ1n) is 14.8. The van der Waals surface area contributed by atoms with E-state index in [0.29, 0.717) is 16.9 Å².